The second-order valence-electron chi connectivity index (χ2n) is 2.88. The molecular formula is C10H10BrN3O2. The monoisotopic (exact) mass is 283 g/mol. The van der Waals surface area contributed by atoms with Gasteiger partial charge in [0.25, 0.3) is 0 Å². The number of carbonyl (C=O) groups excluding carboxylic acids is 1. The van der Waals surface area contributed by atoms with Gasteiger partial charge in [-0.2, -0.15) is 0 Å². The molecule has 0 N–H and O–H groups in total. The summed E-state index contributed by atoms with van der Waals surface area (Å²) in [6.45, 7) is 0.619. The number of hydrogen-bond acceptors (Lipinski definition) is 3. The molecule has 16 heavy (non-hydrogen) atoms. The van der Waals surface area contributed by atoms with Crippen LogP contribution < -0.4 is 4.74 Å². The van der Waals surface area contributed by atoms with Crippen molar-refractivity contribution in [3.63, 3.8) is 0 Å². The van der Waals surface area contributed by atoms with Crippen molar-refractivity contribution in [1.29, 1.82) is 0 Å². The molecule has 6 heteroatoms. The number of carbonyl (C=O) groups is 1. The van der Waals surface area contributed by atoms with Gasteiger partial charge in [-0.25, -0.2) is 0 Å². The Morgan fingerprint density at radius 2 is 2.12 bits per heavy atom. The Labute approximate surface area is 101 Å². The van der Waals surface area contributed by atoms with Crippen molar-refractivity contribution in [3.05, 3.63) is 40.3 Å². The lowest BCUT2D eigenvalue weighted by Gasteiger charge is -2.04. The molecule has 0 saturated heterocycles. The zero-order chi connectivity index (χ0) is 11.8. The van der Waals surface area contributed by atoms with Crippen molar-refractivity contribution in [3.8, 4) is 5.75 Å². The van der Waals surface area contributed by atoms with Crippen LogP contribution in [-0.2, 0) is 0 Å². The zero-order valence-corrected chi connectivity index (χ0v) is 10.1. The van der Waals surface area contributed by atoms with E-state index in [1.54, 1.807) is 24.3 Å². The quantitative estimate of drug-likeness (QED) is 0.201. The number of azide groups is 1. The summed E-state index contributed by atoms with van der Waals surface area (Å²) < 4.78 is 5.29. The van der Waals surface area contributed by atoms with Gasteiger partial charge < -0.3 is 4.74 Å². The van der Waals surface area contributed by atoms with Crippen LogP contribution in [0, 0.1) is 0 Å². The topological polar surface area (TPSA) is 75.1 Å². The average molecular weight is 284 g/mol. The van der Waals surface area contributed by atoms with Crippen molar-refractivity contribution in [2.24, 2.45) is 5.11 Å². The summed E-state index contributed by atoms with van der Waals surface area (Å²) in [4.78, 5) is 13.9. The number of hydrogen-bond donors (Lipinski definition) is 0. The third-order valence-corrected chi connectivity index (χ3v) is 2.33. The number of nitrogens with zero attached hydrogens (tertiary/aromatic N) is 3. The number of halogens is 1. The van der Waals surface area contributed by atoms with E-state index in [-0.39, 0.29) is 5.78 Å². The van der Waals surface area contributed by atoms with E-state index in [1.807, 2.05) is 0 Å². The molecule has 0 saturated carbocycles. The van der Waals surface area contributed by atoms with Crippen LogP contribution in [0.5, 0.6) is 5.75 Å². The summed E-state index contributed by atoms with van der Waals surface area (Å²) in [5, 5.41) is 3.65. The molecule has 0 radical (unpaired) electrons. The Morgan fingerprint density at radius 1 is 1.44 bits per heavy atom. The summed E-state index contributed by atoms with van der Waals surface area (Å²) in [6, 6.07) is 6.83. The molecule has 0 aliphatic rings. The summed E-state index contributed by atoms with van der Waals surface area (Å²) >= 11 is 3.10. The first-order valence-electron chi connectivity index (χ1n) is 4.61. The van der Waals surface area contributed by atoms with Crippen LogP contribution in [0.4, 0.5) is 0 Å². The molecule has 0 bridgehead atoms. The van der Waals surface area contributed by atoms with Gasteiger partial charge in [0.1, 0.15) is 5.75 Å². The minimum absolute atomic E-state index is 0.0284. The SMILES string of the molecule is [N-]=[N+]=NCCOc1ccc(C(=O)CBr)cc1. The van der Waals surface area contributed by atoms with Gasteiger partial charge in [-0.15, -0.1) is 0 Å². The van der Waals surface area contributed by atoms with Gasteiger partial charge in [0, 0.05) is 10.5 Å². The minimum atomic E-state index is 0.0284. The first-order chi connectivity index (χ1) is 7.77. The molecule has 1 rings (SSSR count). The Balaban J connectivity index is 2.51. The molecule has 0 atom stereocenters. The molecule has 1 aromatic rings. The molecule has 0 amide bonds. The number of rotatable bonds is 6. The van der Waals surface area contributed by atoms with Crippen molar-refractivity contribution in [1.82, 2.24) is 0 Å². The minimum Gasteiger partial charge on any atom is -0.493 e. The molecule has 5 nitrogen and oxygen atoms in total. The predicted molar refractivity (Wildman–Crippen MR) is 64.1 cm³/mol. The predicted octanol–water partition coefficient (Wildman–Crippen LogP) is 2.95. The van der Waals surface area contributed by atoms with E-state index in [0.29, 0.717) is 29.8 Å². The van der Waals surface area contributed by atoms with Gasteiger partial charge in [0.05, 0.1) is 18.5 Å². The van der Waals surface area contributed by atoms with Gasteiger partial charge in [-0.3, -0.25) is 4.79 Å². The van der Waals surface area contributed by atoms with E-state index in [9.17, 15) is 4.79 Å². The van der Waals surface area contributed by atoms with E-state index in [0.717, 1.165) is 0 Å². The second kappa shape index (κ2) is 6.87. The number of benzene rings is 1. The van der Waals surface area contributed by atoms with Crippen LogP contribution in [0.2, 0.25) is 0 Å². The molecule has 84 valence electrons. The number of alkyl halides is 1. The molecule has 0 fully saturated rings. The number of ketones is 1. The average Bonchev–Trinajstić information content (AvgIpc) is 2.34. The standard InChI is InChI=1S/C10H10BrN3O2/c11-7-10(15)8-1-3-9(4-2-8)16-6-5-13-14-12/h1-4H,5-7H2. The van der Waals surface area contributed by atoms with Gasteiger partial charge >= 0.3 is 0 Å². The molecule has 0 unspecified atom stereocenters. The molecule has 0 aliphatic heterocycles. The van der Waals surface area contributed by atoms with E-state index >= 15 is 0 Å². The van der Waals surface area contributed by atoms with E-state index in [4.69, 9.17) is 10.3 Å². The summed E-state index contributed by atoms with van der Waals surface area (Å²) in [5.74, 6) is 0.680. The van der Waals surface area contributed by atoms with Crippen LogP contribution >= 0.6 is 15.9 Å². The maximum absolute atomic E-state index is 11.3. The van der Waals surface area contributed by atoms with Crippen molar-refractivity contribution >= 4 is 21.7 Å². The van der Waals surface area contributed by atoms with Gasteiger partial charge in [-0.1, -0.05) is 21.0 Å². The fraction of sp³-hybridized carbons (Fsp3) is 0.300. The third kappa shape index (κ3) is 3.92. The third-order valence-electron chi connectivity index (χ3n) is 1.82. The maximum Gasteiger partial charge on any atom is 0.173 e. The van der Waals surface area contributed by atoms with Crippen LogP contribution in [0.25, 0.3) is 10.4 Å². The number of Topliss-reactive ketones (excluding diaryl/α,β-unsaturated/α-hetero) is 1. The molecular weight excluding hydrogens is 274 g/mol. The Kier molecular flexibility index (Phi) is 5.39. The first-order valence-corrected chi connectivity index (χ1v) is 5.73. The first kappa shape index (κ1) is 12.5. The zero-order valence-electron chi connectivity index (χ0n) is 8.47. The van der Waals surface area contributed by atoms with E-state index in [1.165, 1.54) is 0 Å². The second-order valence-corrected chi connectivity index (χ2v) is 3.44. The highest BCUT2D eigenvalue weighted by atomic mass is 79.9. The number of ether oxygens (including phenoxy) is 1. The summed E-state index contributed by atoms with van der Waals surface area (Å²) in [7, 11) is 0. The van der Waals surface area contributed by atoms with Crippen molar-refractivity contribution in [2.75, 3.05) is 18.5 Å². The smallest absolute Gasteiger partial charge is 0.173 e. The highest BCUT2D eigenvalue weighted by molar-refractivity contribution is 9.09. The van der Waals surface area contributed by atoms with Crippen molar-refractivity contribution < 1.29 is 9.53 Å². The Morgan fingerprint density at radius 3 is 2.69 bits per heavy atom. The summed E-state index contributed by atoms with van der Waals surface area (Å²) in [5.41, 5.74) is 8.69. The molecule has 0 aromatic heterocycles. The molecule has 1 aromatic carbocycles. The highest BCUT2D eigenvalue weighted by Gasteiger charge is 2.03. The van der Waals surface area contributed by atoms with Crippen LogP contribution in [0.1, 0.15) is 10.4 Å². The largest absolute Gasteiger partial charge is 0.493 e. The lowest BCUT2D eigenvalue weighted by Crippen LogP contribution is -2.02. The van der Waals surface area contributed by atoms with E-state index < -0.39 is 0 Å². The molecule has 0 heterocycles. The van der Waals surface area contributed by atoms with Crippen molar-refractivity contribution in [2.45, 2.75) is 0 Å². The Hall–Kier alpha value is -1.52. The fourth-order valence-electron chi connectivity index (χ4n) is 1.06. The van der Waals surface area contributed by atoms with E-state index in [2.05, 4.69) is 26.0 Å². The van der Waals surface area contributed by atoms with Gasteiger partial charge in [0.2, 0.25) is 0 Å². The lowest BCUT2D eigenvalue weighted by atomic mass is 10.1. The highest BCUT2D eigenvalue weighted by Crippen LogP contribution is 2.13. The fourth-order valence-corrected chi connectivity index (χ4v) is 1.39. The van der Waals surface area contributed by atoms with Gasteiger partial charge in [-0.05, 0) is 29.8 Å². The van der Waals surface area contributed by atoms with Crippen LogP contribution in [-0.4, -0.2) is 24.3 Å². The Bertz CT molecular complexity index is 399. The lowest BCUT2D eigenvalue weighted by molar-refractivity contribution is 0.102. The maximum atomic E-state index is 11.3. The normalized spacial score (nSPS) is 9.31. The summed E-state index contributed by atoms with van der Waals surface area (Å²) in [6.07, 6.45) is 0. The van der Waals surface area contributed by atoms with Crippen LogP contribution in [0.15, 0.2) is 29.4 Å². The van der Waals surface area contributed by atoms with Gasteiger partial charge in [0.15, 0.2) is 5.78 Å². The molecule has 0 spiro atoms. The molecule has 0 aliphatic carbocycles. The van der Waals surface area contributed by atoms with Crippen LogP contribution in [0.3, 0.4) is 0 Å².